The molecule has 0 saturated heterocycles. The van der Waals surface area contributed by atoms with Crippen LogP contribution in [0.15, 0.2) is 23.9 Å². The number of rotatable bonds is 3. The maximum Gasteiger partial charge on any atom is 0.330 e. The maximum absolute atomic E-state index is 10.5. The van der Waals surface area contributed by atoms with Crippen molar-refractivity contribution >= 4 is 23.3 Å². The molecule has 16 heavy (non-hydrogen) atoms. The lowest BCUT2D eigenvalue weighted by Crippen LogP contribution is -2.02. The van der Waals surface area contributed by atoms with Gasteiger partial charge in [-0.25, -0.2) is 4.79 Å². The Labute approximate surface area is 99.7 Å². The first-order valence-corrected chi connectivity index (χ1v) is 5.23. The van der Waals surface area contributed by atoms with E-state index < -0.39 is 5.97 Å². The van der Waals surface area contributed by atoms with Gasteiger partial charge in [0.15, 0.2) is 0 Å². The Morgan fingerprint density at radius 1 is 1.38 bits per heavy atom. The topological polar surface area (TPSA) is 49.3 Å². The summed E-state index contributed by atoms with van der Waals surface area (Å²) in [6.07, 6.45) is 1.13. The molecule has 0 aliphatic rings. The molecule has 0 fully saturated rings. The van der Waals surface area contributed by atoms with Crippen LogP contribution < -0.4 is 5.32 Å². The van der Waals surface area contributed by atoms with Gasteiger partial charge >= 0.3 is 5.97 Å². The summed E-state index contributed by atoms with van der Waals surface area (Å²) in [5.74, 6) is -0.964. The van der Waals surface area contributed by atoms with Gasteiger partial charge in [0.2, 0.25) is 0 Å². The molecule has 1 rings (SSSR count). The molecule has 0 aromatic heterocycles. The first kappa shape index (κ1) is 12.6. The van der Waals surface area contributed by atoms with Gasteiger partial charge in [-0.15, -0.1) is 0 Å². The zero-order valence-electron chi connectivity index (χ0n) is 9.47. The summed E-state index contributed by atoms with van der Waals surface area (Å²) in [4.78, 5) is 10.5. The van der Waals surface area contributed by atoms with Crippen molar-refractivity contribution in [2.24, 2.45) is 0 Å². The Morgan fingerprint density at radius 2 is 1.88 bits per heavy atom. The Bertz CT molecular complexity index is 429. The SMILES string of the molecule is CC(=CC(=O)O)Nc1c(C)cc(Cl)cc1C. The third kappa shape index (κ3) is 3.28. The van der Waals surface area contributed by atoms with Crippen molar-refractivity contribution in [2.45, 2.75) is 20.8 Å². The van der Waals surface area contributed by atoms with Gasteiger partial charge in [0.1, 0.15) is 0 Å². The summed E-state index contributed by atoms with van der Waals surface area (Å²) in [5.41, 5.74) is 3.46. The van der Waals surface area contributed by atoms with E-state index in [1.807, 2.05) is 26.0 Å². The molecule has 0 atom stereocenters. The summed E-state index contributed by atoms with van der Waals surface area (Å²) in [7, 11) is 0. The number of halogens is 1. The van der Waals surface area contributed by atoms with Crippen LogP contribution in [0.5, 0.6) is 0 Å². The molecule has 1 aromatic rings. The Hall–Kier alpha value is -1.48. The maximum atomic E-state index is 10.5. The van der Waals surface area contributed by atoms with E-state index in [4.69, 9.17) is 16.7 Å². The van der Waals surface area contributed by atoms with Gasteiger partial charge < -0.3 is 10.4 Å². The third-order valence-electron chi connectivity index (χ3n) is 2.16. The minimum atomic E-state index is -0.964. The highest BCUT2D eigenvalue weighted by molar-refractivity contribution is 6.30. The molecule has 0 unspecified atom stereocenters. The number of hydrogen-bond donors (Lipinski definition) is 2. The normalized spacial score (nSPS) is 11.4. The van der Waals surface area contributed by atoms with Gasteiger partial charge in [0.25, 0.3) is 0 Å². The monoisotopic (exact) mass is 239 g/mol. The minimum Gasteiger partial charge on any atom is -0.478 e. The number of allylic oxidation sites excluding steroid dienone is 1. The van der Waals surface area contributed by atoms with Gasteiger partial charge in [-0.1, -0.05) is 11.6 Å². The molecule has 0 heterocycles. The van der Waals surface area contributed by atoms with Gasteiger partial charge in [-0.05, 0) is 44.0 Å². The fourth-order valence-electron chi connectivity index (χ4n) is 1.53. The molecule has 4 heteroatoms. The first-order valence-electron chi connectivity index (χ1n) is 4.85. The van der Waals surface area contributed by atoms with Crippen molar-refractivity contribution in [1.82, 2.24) is 0 Å². The van der Waals surface area contributed by atoms with Crippen molar-refractivity contribution in [3.63, 3.8) is 0 Å². The number of carbonyl (C=O) groups is 1. The van der Waals surface area contributed by atoms with E-state index in [9.17, 15) is 4.79 Å². The van der Waals surface area contributed by atoms with Crippen LogP contribution in [-0.4, -0.2) is 11.1 Å². The standard InChI is InChI=1S/C12H14ClNO2/c1-7-4-10(13)5-8(2)12(7)14-9(3)6-11(15)16/h4-6,14H,1-3H3,(H,15,16). The Kier molecular flexibility index (Phi) is 3.96. The second-order valence-electron chi connectivity index (χ2n) is 3.71. The van der Waals surface area contributed by atoms with Crippen LogP contribution in [0.4, 0.5) is 5.69 Å². The lowest BCUT2D eigenvalue weighted by Gasteiger charge is -2.13. The molecule has 0 spiro atoms. The second kappa shape index (κ2) is 5.03. The molecular formula is C12H14ClNO2. The van der Waals surface area contributed by atoms with Crippen molar-refractivity contribution in [3.8, 4) is 0 Å². The lowest BCUT2D eigenvalue weighted by molar-refractivity contribution is -0.131. The summed E-state index contributed by atoms with van der Waals surface area (Å²) < 4.78 is 0. The minimum absolute atomic E-state index is 0.584. The van der Waals surface area contributed by atoms with Gasteiger partial charge in [-0.3, -0.25) is 0 Å². The van der Waals surface area contributed by atoms with Crippen LogP contribution in [0, 0.1) is 13.8 Å². The van der Waals surface area contributed by atoms with Crippen LogP contribution in [0.3, 0.4) is 0 Å². The van der Waals surface area contributed by atoms with Crippen LogP contribution >= 0.6 is 11.6 Å². The zero-order valence-corrected chi connectivity index (χ0v) is 10.2. The van der Waals surface area contributed by atoms with Crippen LogP contribution in [0.1, 0.15) is 18.1 Å². The molecule has 0 aliphatic heterocycles. The fourth-order valence-corrected chi connectivity index (χ4v) is 1.85. The highest BCUT2D eigenvalue weighted by atomic mass is 35.5. The van der Waals surface area contributed by atoms with E-state index in [1.165, 1.54) is 0 Å². The third-order valence-corrected chi connectivity index (χ3v) is 2.38. The average Bonchev–Trinajstić information content (AvgIpc) is 2.09. The molecule has 0 aliphatic carbocycles. The number of aliphatic carboxylic acids is 1. The van der Waals surface area contributed by atoms with Crippen molar-refractivity contribution in [1.29, 1.82) is 0 Å². The van der Waals surface area contributed by atoms with E-state index >= 15 is 0 Å². The fraction of sp³-hybridized carbons (Fsp3) is 0.250. The van der Waals surface area contributed by atoms with Crippen LogP contribution in [0.25, 0.3) is 0 Å². The molecular weight excluding hydrogens is 226 g/mol. The van der Waals surface area contributed by atoms with E-state index in [1.54, 1.807) is 6.92 Å². The van der Waals surface area contributed by atoms with E-state index in [0.717, 1.165) is 22.9 Å². The predicted octanol–water partition coefficient (Wildman–Crippen LogP) is 3.36. The molecule has 0 bridgehead atoms. The average molecular weight is 240 g/mol. The largest absolute Gasteiger partial charge is 0.478 e. The number of carboxylic acid groups (broad SMARTS) is 1. The number of hydrogen-bond acceptors (Lipinski definition) is 2. The summed E-state index contributed by atoms with van der Waals surface area (Å²) in [6.45, 7) is 5.56. The highest BCUT2D eigenvalue weighted by Gasteiger charge is 2.05. The molecule has 0 saturated carbocycles. The number of nitrogens with one attached hydrogen (secondary N) is 1. The summed E-state index contributed by atoms with van der Waals surface area (Å²) in [5, 5.41) is 12.3. The highest BCUT2D eigenvalue weighted by Crippen LogP contribution is 2.25. The Balaban J connectivity index is 3.02. The van der Waals surface area contributed by atoms with E-state index in [2.05, 4.69) is 5.32 Å². The lowest BCUT2D eigenvalue weighted by atomic mass is 10.1. The van der Waals surface area contributed by atoms with Crippen molar-refractivity contribution in [3.05, 3.63) is 40.1 Å². The molecule has 3 nitrogen and oxygen atoms in total. The quantitative estimate of drug-likeness (QED) is 0.796. The zero-order chi connectivity index (χ0) is 12.3. The molecule has 0 amide bonds. The number of carboxylic acids is 1. The van der Waals surface area contributed by atoms with Gasteiger partial charge in [0, 0.05) is 22.5 Å². The molecule has 1 aromatic carbocycles. The molecule has 86 valence electrons. The number of aryl methyl sites for hydroxylation is 2. The smallest absolute Gasteiger partial charge is 0.330 e. The van der Waals surface area contributed by atoms with E-state index in [-0.39, 0.29) is 0 Å². The number of benzene rings is 1. The summed E-state index contributed by atoms with van der Waals surface area (Å²) >= 11 is 5.91. The van der Waals surface area contributed by atoms with Gasteiger partial charge in [-0.2, -0.15) is 0 Å². The second-order valence-corrected chi connectivity index (χ2v) is 4.14. The van der Waals surface area contributed by atoms with Crippen LogP contribution in [-0.2, 0) is 4.79 Å². The van der Waals surface area contributed by atoms with E-state index in [0.29, 0.717) is 10.7 Å². The summed E-state index contributed by atoms with van der Waals surface area (Å²) in [6, 6.07) is 3.68. The molecule has 0 radical (unpaired) electrons. The Morgan fingerprint density at radius 3 is 2.31 bits per heavy atom. The van der Waals surface area contributed by atoms with Gasteiger partial charge in [0.05, 0.1) is 0 Å². The predicted molar refractivity (Wildman–Crippen MR) is 65.9 cm³/mol. The van der Waals surface area contributed by atoms with Crippen LogP contribution in [0.2, 0.25) is 5.02 Å². The number of anilines is 1. The van der Waals surface area contributed by atoms with Crippen molar-refractivity contribution in [2.75, 3.05) is 5.32 Å². The molecule has 2 N–H and O–H groups in total. The van der Waals surface area contributed by atoms with Crippen molar-refractivity contribution < 1.29 is 9.90 Å². The first-order chi connectivity index (χ1) is 7.40.